The molecule has 1 aromatic carbocycles. The molecule has 21 heavy (non-hydrogen) atoms. The molecule has 7 heteroatoms. The Labute approximate surface area is 126 Å². The molecule has 2 heterocycles. The lowest BCUT2D eigenvalue weighted by Gasteiger charge is -2.09. The molecule has 3 aromatic rings. The molecule has 1 N–H and O–H groups in total. The first-order chi connectivity index (χ1) is 10.1. The third kappa shape index (κ3) is 3.00. The van der Waals surface area contributed by atoms with Crippen molar-refractivity contribution in [2.75, 3.05) is 5.32 Å². The van der Waals surface area contributed by atoms with Crippen LogP contribution in [-0.4, -0.2) is 24.7 Å². The Morgan fingerprint density at radius 2 is 2.00 bits per heavy atom. The summed E-state index contributed by atoms with van der Waals surface area (Å²) < 4.78 is 1.53. The Balaban J connectivity index is 1.95. The molecule has 0 spiro atoms. The average molecular weight is 301 g/mol. The lowest BCUT2D eigenvalue weighted by atomic mass is 10.1. The standard InChI is InChI=1S/C14H13ClN6/c1-9-4-5-11(10(2)8-9)17-13-18-12(15)19-14(20-13)21-7-3-6-16-21/h3-8H,1-2H3,(H,17,18,19,20). The second-order valence-electron chi connectivity index (χ2n) is 4.62. The number of nitrogens with one attached hydrogen (secondary N) is 1. The van der Waals surface area contributed by atoms with Crippen molar-refractivity contribution in [3.63, 3.8) is 0 Å². The molecule has 0 saturated carbocycles. The number of aromatic nitrogens is 5. The quantitative estimate of drug-likeness (QED) is 0.805. The molecular weight excluding hydrogens is 288 g/mol. The van der Waals surface area contributed by atoms with Gasteiger partial charge in [0, 0.05) is 18.1 Å². The fraction of sp³-hybridized carbons (Fsp3) is 0.143. The second-order valence-corrected chi connectivity index (χ2v) is 4.96. The van der Waals surface area contributed by atoms with Crippen LogP contribution in [0.2, 0.25) is 5.28 Å². The Kier molecular flexibility index (Phi) is 3.53. The predicted molar refractivity (Wildman–Crippen MR) is 81.2 cm³/mol. The lowest BCUT2D eigenvalue weighted by Crippen LogP contribution is -2.07. The minimum atomic E-state index is 0.114. The van der Waals surface area contributed by atoms with Crippen molar-refractivity contribution in [2.45, 2.75) is 13.8 Å². The molecule has 0 bridgehead atoms. The Morgan fingerprint density at radius 1 is 1.14 bits per heavy atom. The molecular formula is C14H13ClN6. The SMILES string of the molecule is Cc1ccc(Nc2nc(Cl)nc(-n3cccn3)n2)c(C)c1. The van der Waals surface area contributed by atoms with Gasteiger partial charge in [-0.25, -0.2) is 4.68 Å². The predicted octanol–water partition coefficient (Wildman–Crippen LogP) is 3.07. The van der Waals surface area contributed by atoms with Gasteiger partial charge in [-0.15, -0.1) is 0 Å². The second kappa shape index (κ2) is 5.49. The zero-order chi connectivity index (χ0) is 14.8. The van der Waals surface area contributed by atoms with Gasteiger partial charge in [-0.05, 0) is 43.1 Å². The van der Waals surface area contributed by atoms with E-state index in [1.807, 2.05) is 26.0 Å². The number of nitrogens with zero attached hydrogens (tertiary/aromatic N) is 5. The van der Waals surface area contributed by atoms with Crippen molar-refractivity contribution in [1.82, 2.24) is 24.7 Å². The number of halogens is 1. The first kappa shape index (κ1) is 13.5. The maximum atomic E-state index is 5.95. The third-order valence-electron chi connectivity index (χ3n) is 2.93. The Morgan fingerprint density at radius 3 is 2.71 bits per heavy atom. The topological polar surface area (TPSA) is 68.5 Å². The number of hydrogen-bond donors (Lipinski definition) is 1. The smallest absolute Gasteiger partial charge is 0.256 e. The van der Waals surface area contributed by atoms with Crippen molar-refractivity contribution in [2.24, 2.45) is 0 Å². The molecule has 0 aliphatic heterocycles. The highest BCUT2D eigenvalue weighted by Gasteiger charge is 2.08. The van der Waals surface area contributed by atoms with Gasteiger partial charge in [0.2, 0.25) is 11.2 Å². The van der Waals surface area contributed by atoms with Crippen LogP contribution in [0.4, 0.5) is 11.6 Å². The van der Waals surface area contributed by atoms with Crippen LogP contribution in [0, 0.1) is 13.8 Å². The Hall–Kier alpha value is -2.47. The number of anilines is 2. The number of aryl methyl sites for hydroxylation is 2. The van der Waals surface area contributed by atoms with Crippen LogP contribution >= 0.6 is 11.6 Å². The van der Waals surface area contributed by atoms with Crippen molar-refractivity contribution in [3.8, 4) is 5.95 Å². The van der Waals surface area contributed by atoms with Gasteiger partial charge in [-0.3, -0.25) is 0 Å². The van der Waals surface area contributed by atoms with Crippen LogP contribution in [0.5, 0.6) is 0 Å². The van der Waals surface area contributed by atoms with E-state index in [2.05, 4.69) is 31.4 Å². The van der Waals surface area contributed by atoms with Crippen LogP contribution in [-0.2, 0) is 0 Å². The van der Waals surface area contributed by atoms with Crippen molar-refractivity contribution < 1.29 is 0 Å². The van der Waals surface area contributed by atoms with Crippen LogP contribution in [0.1, 0.15) is 11.1 Å². The van der Waals surface area contributed by atoms with E-state index >= 15 is 0 Å². The molecule has 3 rings (SSSR count). The summed E-state index contributed by atoms with van der Waals surface area (Å²) in [5.41, 5.74) is 3.23. The van der Waals surface area contributed by atoms with Crippen molar-refractivity contribution in [1.29, 1.82) is 0 Å². The molecule has 0 fully saturated rings. The molecule has 0 saturated heterocycles. The molecule has 0 aliphatic carbocycles. The summed E-state index contributed by atoms with van der Waals surface area (Å²) in [4.78, 5) is 12.5. The lowest BCUT2D eigenvalue weighted by molar-refractivity contribution is 0.798. The number of benzene rings is 1. The molecule has 0 unspecified atom stereocenters. The largest absolute Gasteiger partial charge is 0.324 e. The molecule has 2 aromatic heterocycles. The van der Waals surface area contributed by atoms with Crippen LogP contribution < -0.4 is 5.32 Å². The normalized spacial score (nSPS) is 10.6. The minimum absolute atomic E-state index is 0.114. The highest BCUT2D eigenvalue weighted by molar-refractivity contribution is 6.28. The minimum Gasteiger partial charge on any atom is -0.324 e. The van der Waals surface area contributed by atoms with E-state index in [1.165, 1.54) is 10.2 Å². The maximum absolute atomic E-state index is 5.95. The summed E-state index contributed by atoms with van der Waals surface area (Å²) in [7, 11) is 0. The summed E-state index contributed by atoms with van der Waals surface area (Å²) in [6.07, 6.45) is 3.39. The maximum Gasteiger partial charge on any atom is 0.256 e. The van der Waals surface area contributed by atoms with E-state index in [9.17, 15) is 0 Å². The van der Waals surface area contributed by atoms with Gasteiger partial charge in [0.15, 0.2) is 0 Å². The number of rotatable bonds is 3. The summed E-state index contributed by atoms with van der Waals surface area (Å²) in [5.74, 6) is 0.750. The van der Waals surface area contributed by atoms with Gasteiger partial charge < -0.3 is 5.32 Å². The zero-order valence-electron chi connectivity index (χ0n) is 11.6. The van der Waals surface area contributed by atoms with E-state index in [0.717, 1.165) is 11.3 Å². The van der Waals surface area contributed by atoms with Crippen molar-refractivity contribution >= 4 is 23.2 Å². The number of hydrogen-bond acceptors (Lipinski definition) is 5. The van der Waals surface area contributed by atoms with E-state index in [0.29, 0.717) is 11.9 Å². The van der Waals surface area contributed by atoms with E-state index in [4.69, 9.17) is 11.6 Å². The van der Waals surface area contributed by atoms with Gasteiger partial charge in [0.25, 0.3) is 5.95 Å². The first-order valence-electron chi connectivity index (χ1n) is 6.38. The summed E-state index contributed by atoms with van der Waals surface area (Å²) in [6.45, 7) is 4.07. The van der Waals surface area contributed by atoms with Gasteiger partial charge in [-0.1, -0.05) is 17.7 Å². The summed E-state index contributed by atoms with van der Waals surface area (Å²) in [6, 6.07) is 7.87. The molecule has 0 atom stereocenters. The fourth-order valence-corrected chi connectivity index (χ4v) is 2.12. The summed E-state index contributed by atoms with van der Waals surface area (Å²) in [5, 5.41) is 7.35. The van der Waals surface area contributed by atoms with Gasteiger partial charge >= 0.3 is 0 Å². The summed E-state index contributed by atoms with van der Waals surface area (Å²) >= 11 is 5.95. The fourth-order valence-electron chi connectivity index (χ4n) is 1.96. The van der Waals surface area contributed by atoms with E-state index < -0.39 is 0 Å². The van der Waals surface area contributed by atoms with Gasteiger partial charge in [0.1, 0.15) is 0 Å². The molecule has 0 amide bonds. The van der Waals surface area contributed by atoms with Crippen molar-refractivity contribution in [3.05, 3.63) is 53.1 Å². The Bertz CT molecular complexity index is 769. The van der Waals surface area contributed by atoms with Gasteiger partial charge in [0.05, 0.1) is 0 Å². The monoisotopic (exact) mass is 300 g/mol. The molecule has 6 nitrogen and oxygen atoms in total. The van der Waals surface area contributed by atoms with E-state index in [-0.39, 0.29) is 5.28 Å². The highest BCUT2D eigenvalue weighted by atomic mass is 35.5. The van der Waals surface area contributed by atoms with Crippen LogP contribution in [0.15, 0.2) is 36.7 Å². The van der Waals surface area contributed by atoms with Crippen LogP contribution in [0.25, 0.3) is 5.95 Å². The van der Waals surface area contributed by atoms with Crippen LogP contribution in [0.3, 0.4) is 0 Å². The van der Waals surface area contributed by atoms with E-state index in [1.54, 1.807) is 18.5 Å². The molecule has 0 aliphatic rings. The first-order valence-corrected chi connectivity index (χ1v) is 6.75. The van der Waals surface area contributed by atoms with Gasteiger partial charge in [-0.2, -0.15) is 20.1 Å². The zero-order valence-corrected chi connectivity index (χ0v) is 12.3. The highest BCUT2D eigenvalue weighted by Crippen LogP contribution is 2.20. The molecule has 0 radical (unpaired) electrons. The average Bonchev–Trinajstić information content (AvgIpc) is 2.95. The molecule has 106 valence electrons. The third-order valence-corrected chi connectivity index (χ3v) is 3.10.